The summed E-state index contributed by atoms with van der Waals surface area (Å²) in [7, 11) is 0. The predicted molar refractivity (Wildman–Crippen MR) is 57.2 cm³/mol. The van der Waals surface area contributed by atoms with Gasteiger partial charge in [-0.05, 0) is 19.3 Å². The van der Waals surface area contributed by atoms with Crippen molar-refractivity contribution in [2.24, 2.45) is 0 Å². The molecule has 0 bridgehead atoms. The maximum absolute atomic E-state index is 12.8. The molecule has 0 aliphatic heterocycles. The third-order valence-electron chi connectivity index (χ3n) is 1.92. The van der Waals surface area contributed by atoms with Crippen LogP contribution < -0.4 is 0 Å². The second-order valence-corrected chi connectivity index (χ2v) is 4.64. The standard InChI is InChI=1S/C10H16F4OS/c1-2-9(15)16-6-4-3-5-8(11)7-10(12,13)14/h8H,2-7H2,1H3. The van der Waals surface area contributed by atoms with Gasteiger partial charge in [-0.3, -0.25) is 4.79 Å². The molecule has 1 atom stereocenters. The molecule has 0 spiro atoms. The zero-order valence-corrected chi connectivity index (χ0v) is 9.96. The topological polar surface area (TPSA) is 17.1 Å². The van der Waals surface area contributed by atoms with Crippen LogP contribution in [0.25, 0.3) is 0 Å². The first-order valence-electron chi connectivity index (χ1n) is 5.21. The molecule has 0 aliphatic rings. The number of alkyl halides is 4. The number of carbonyl (C=O) groups is 1. The summed E-state index contributed by atoms with van der Waals surface area (Å²) in [4.78, 5) is 10.8. The number of hydrogen-bond acceptors (Lipinski definition) is 2. The first-order valence-corrected chi connectivity index (χ1v) is 6.20. The molecular weight excluding hydrogens is 244 g/mol. The van der Waals surface area contributed by atoms with Gasteiger partial charge >= 0.3 is 6.18 Å². The highest BCUT2D eigenvalue weighted by atomic mass is 32.2. The molecule has 96 valence electrons. The Hall–Kier alpha value is -0.260. The highest BCUT2D eigenvalue weighted by molar-refractivity contribution is 8.13. The second kappa shape index (κ2) is 7.92. The summed E-state index contributed by atoms with van der Waals surface area (Å²) in [6, 6.07) is 0. The molecule has 0 saturated carbocycles. The molecule has 0 radical (unpaired) electrons. The Morgan fingerprint density at radius 1 is 1.31 bits per heavy atom. The first-order chi connectivity index (χ1) is 7.35. The van der Waals surface area contributed by atoms with Gasteiger partial charge in [0.15, 0.2) is 5.12 Å². The van der Waals surface area contributed by atoms with Crippen molar-refractivity contribution < 1.29 is 22.4 Å². The summed E-state index contributed by atoms with van der Waals surface area (Å²) in [6.45, 7) is 1.75. The summed E-state index contributed by atoms with van der Waals surface area (Å²) in [5, 5.41) is 0.0621. The maximum Gasteiger partial charge on any atom is 0.391 e. The van der Waals surface area contributed by atoms with Gasteiger partial charge in [-0.2, -0.15) is 13.2 Å². The molecule has 0 aromatic carbocycles. The van der Waals surface area contributed by atoms with Crippen LogP contribution in [-0.2, 0) is 4.79 Å². The van der Waals surface area contributed by atoms with Crippen molar-refractivity contribution in [3.05, 3.63) is 0 Å². The van der Waals surface area contributed by atoms with Gasteiger partial charge in [0.05, 0.1) is 6.42 Å². The lowest BCUT2D eigenvalue weighted by Crippen LogP contribution is -2.15. The number of rotatable bonds is 7. The van der Waals surface area contributed by atoms with Crippen molar-refractivity contribution in [1.29, 1.82) is 0 Å². The minimum absolute atomic E-state index is 0.0621. The maximum atomic E-state index is 12.8. The smallest absolute Gasteiger partial charge is 0.287 e. The fraction of sp³-hybridized carbons (Fsp3) is 0.900. The van der Waals surface area contributed by atoms with Crippen LogP contribution in [0.4, 0.5) is 17.6 Å². The fourth-order valence-electron chi connectivity index (χ4n) is 1.11. The fourth-order valence-corrected chi connectivity index (χ4v) is 1.89. The van der Waals surface area contributed by atoms with E-state index in [0.717, 1.165) is 11.8 Å². The number of thioether (sulfide) groups is 1. The van der Waals surface area contributed by atoms with Gasteiger partial charge in [0.25, 0.3) is 0 Å². The predicted octanol–water partition coefficient (Wildman–Crippen LogP) is 4.12. The van der Waals surface area contributed by atoms with E-state index >= 15 is 0 Å². The average Bonchev–Trinajstić information content (AvgIpc) is 2.14. The van der Waals surface area contributed by atoms with Gasteiger partial charge in [-0.1, -0.05) is 18.7 Å². The summed E-state index contributed by atoms with van der Waals surface area (Å²) in [6.07, 6.45) is -6.27. The zero-order chi connectivity index (χ0) is 12.6. The van der Waals surface area contributed by atoms with E-state index in [9.17, 15) is 22.4 Å². The third kappa shape index (κ3) is 10.3. The van der Waals surface area contributed by atoms with Gasteiger partial charge in [-0.25, -0.2) is 4.39 Å². The van der Waals surface area contributed by atoms with Crippen molar-refractivity contribution in [3.8, 4) is 0 Å². The van der Waals surface area contributed by atoms with E-state index in [1.54, 1.807) is 6.92 Å². The van der Waals surface area contributed by atoms with Crippen LogP contribution in [0.2, 0.25) is 0 Å². The molecule has 16 heavy (non-hydrogen) atoms. The molecule has 1 nitrogen and oxygen atoms in total. The zero-order valence-electron chi connectivity index (χ0n) is 9.15. The molecule has 1 unspecified atom stereocenters. The van der Waals surface area contributed by atoms with Crippen LogP contribution in [0.5, 0.6) is 0 Å². The Labute approximate surface area is 97.0 Å². The monoisotopic (exact) mass is 260 g/mol. The van der Waals surface area contributed by atoms with Crippen molar-refractivity contribution in [2.75, 3.05) is 5.75 Å². The van der Waals surface area contributed by atoms with Gasteiger partial charge in [0.1, 0.15) is 6.17 Å². The quantitative estimate of drug-likeness (QED) is 0.506. The summed E-state index contributed by atoms with van der Waals surface area (Å²) in [5.41, 5.74) is 0. The molecule has 6 heteroatoms. The second-order valence-electron chi connectivity index (χ2n) is 3.49. The molecule has 0 aliphatic carbocycles. The van der Waals surface area contributed by atoms with E-state index in [2.05, 4.69) is 0 Å². The molecule has 0 rings (SSSR count). The van der Waals surface area contributed by atoms with Crippen LogP contribution in [0, 0.1) is 0 Å². The summed E-state index contributed by atoms with van der Waals surface area (Å²) in [5.74, 6) is 0.561. The highest BCUT2D eigenvalue weighted by Crippen LogP contribution is 2.25. The molecule has 0 aromatic rings. The van der Waals surface area contributed by atoms with E-state index in [-0.39, 0.29) is 11.5 Å². The molecule has 0 saturated heterocycles. The van der Waals surface area contributed by atoms with Crippen LogP contribution in [-0.4, -0.2) is 23.2 Å². The molecule has 0 heterocycles. The van der Waals surface area contributed by atoms with Crippen molar-refractivity contribution in [1.82, 2.24) is 0 Å². The van der Waals surface area contributed by atoms with Gasteiger partial charge < -0.3 is 0 Å². The number of halogens is 4. The molecule has 0 N–H and O–H groups in total. The van der Waals surface area contributed by atoms with Crippen molar-refractivity contribution >= 4 is 16.9 Å². The third-order valence-corrected chi connectivity index (χ3v) is 3.02. The van der Waals surface area contributed by atoms with E-state index in [4.69, 9.17) is 0 Å². The Morgan fingerprint density at radius 3 is 2.44 bits per heavy atom. The lowest BCUT2D eigenvalue weighted by molar-refractivity contribution is -0.146. The summed E-state index contributed by atoms with van der Waals surface area (Å²) >= 11 is 1.16. The number of unbranched alkanes of at least 4 members (excludes halogenated alkanes) is 1. The van der Waals surface area contributed by atoms with E-state index in [1.165, 1.54) is 0 Å². The minimum atomic E-state index is -4.42. The molecule has 0 amide bonds. The van der Waals surface area contributed by atoms with E-state index in [0.29, 0.717) is 25.0 Å². The first kappa shape index (κ1) is 15.7. The highest BCUT2D eigenvalue weighted by Gasteiger charge is 2.31. The van der Waals surface area contributed by atoms with Crippen molar-refractivity contribution in [2.45, 2.75) is 51.4 Å². The lowest BCUT2D eigenvalue weighted by atomic mass is 10.1. The van der Waals surface area contributed by atoms with Gasteiger partial charge in [-0.15, -0.1) is 0 Å². The Balaban J connectivity index is 3.41. The van der Waals surface area contributed by atoms with Crippen LogP contribution in [0.1, 0.15) is 39.0 Å². The number of carbonyl (C=O) groups excluding carboxylic acids is 1. The minimum Gasteiger partial charge on any atom is -0.287 e. The van der Waals surface area contributed by atoms with Crippen molar-refractivity contribution in [3.63, 3.8) is 0 Å². The largest absolute Gasteiger partial charge is 0.391 e. The molecule has 0 aromatic heterocycles. The lowest BCUT2D eigenvalue weighted by Gasteiger charge is -2.10. The normalized spacial score (nSPS) is 13.8. The van der Waals surface area contributed by atoms with E-state index in [1.807, 2.05) is 0 Å². The Bertz CT molecular complexity index is 205. The van der Waals surface area contributed by atoms with E-state index < -0.39 is 18.8 Å². The van der Waals surface area contributed by atoms with Gasteiger partial charge in [0, 0.05) is 12.2 Å². The van der Waals surface area contributed by atoms with Gasteiger partial charge in [0.2, 0.25) is 0 Å². The average molecular weight is 260 g/mol. The molecular formula is C10H16F4OS. The van der Waals surface area contributed by atoms with Crippen LogP contribution >= 0.6 is 11.8 Å². The Morgan fingerprint density at radius 2 is 1.94 bits per heavy atom. The summed E-state index contributed by atoms with van der Waals surface area (Å²) < 4.78 is 48.0. The molecule has 0 fully saturated rings. The van der Waals surface area contributed by atoms with Crippen LogP contribution in [0.3, 0.4) is 0 Å². The SMILES string of the molecule is CCC(=O)SCCCCC(F)CC(F)(F)F. The number of hydrogen-bond donors (Lipinski definition) is 0. The van der Waals surface area contributed by atoms with Crippen LogP contribution in [0.15, 0.2) is 0 Å². The Kier molecular flexibility index (Phi) is 7.80.